The minimum Gasteiger partial charge on any atom is -0.377 e. The van der Waals surface area contributed by atoms with Gasteiger partial charge in [-0.2, -0.15) is 0 Å². The number of aromatic nitrogens is 2. The molecule has 1 atom stereocenters. The second-order valence-corrected chi connectivity index (χ2v) is 5.10. The van der Waals surface area contributed by atoms with Crippen molar-refractivity contribution < 1.29 is 14.3 Å². The first-order valence-corrected chi connectivity index (χ1v) is 7.28. The molecule has 2 rings (SSSR count). The molecule has 1 aromatic rings. The third kappa shape index (κ3) is 4.41. The van der Waals surface area contributed by atoms with Crippen LogP contribution in [-0.2, 0) is 27.4 Å². The van der Waals surface area contributed by atoms with Crippen molar-refractivity contribution in [3.05, 3.63) is 30.9 Å². The summed E-state index contributed by atoms with van der Waals surface area (Å²) in [6.07, 6.45) is 5.46. The molecule has 0 N–H and O–H groups in total. The van der Waals surface area contributed by atoms with Gasteiger partial charge < -0.3 is 18.9 Å². The van der Waals surface area contributed by atoms with E-state index in [1.807, 2.05) is 18.0 Å². The quantitative estimate of drug-likeness (QED) is 0.557. The highest BCUT2D eigenvalue weighted by Crippen LogP contribution is 2.16. The van der Waals surface area contributed by atoms with Gasteiger partial charge in [0, 0.05) is 38.0 Å². The average Bonchev–Trinajstić information content (AvgIpc) is 2.83. The fourth-order valence-electron chi connectivity index (χ4n) is 2.43. The predicted molar refractivity (Wildman–Crippen MR) is 78.6 cm³/mol. The molecule has 6 nitrogen and oxygen atoms in total. The lowest BCUT2D eigenvalue weighted by Gasteiger charge is -2.23. The molecule has 0 bridgehead atoms. The lowest BCUT2D eigenvalue weighted by molar-refractivity contribution is -0.137. The normalized spacial score (nSPS) is 18.1. The number of fused-ring (bicyclic) bond motifs is 1. The first-order valence-electron chi connectivity index (χ1n) is 7.28. The van der Waals surface area contributed by atoms with E-state index in [4.69, 9.17) is 9.47 Å². The van der Waals surface area contributed by atoms with E-state index < -0.39 is 0 Å². The van der Waals surface area contributed by atoms with E-state index in [2.05, 4.69) is 16.1 Å². The number of carbonyl (C=O) groups excluding carboxylic acids is 1. The third-order valence-corrected chi connectivity index (χ3v) is 3.44. The van der Waals surface area contributed by atoms with Crippen molar-refractivity contribution in [2.24, 2.45) is 5.92 Å². The number of hydrogen-bond acceptors (Lipinski definition) is 4. The van der Waals surface area contributed by atoms with Crippen molar-refractivity contribution >= 4 is 5.91 Å². The monoisotopic (exact) mass is 293 g/mol. The zero-order valence-corrected chi connectivity index (χ0v) is 12.5. The number of hydrogen-bond donors (Lipinski definition) is 0. The van der Waals surface area contributed by atoms with Crippen LogP contribution in [0.5, 0.6) is 0 Å². The molecule has 6 heteroatoms. The maximum absolute atomic E-state index is 12.2. The summed E-state index contributed by atoms with van der Waals surface area (Å²) in [5.41, 5.74) is 0. The van der Waals surface area contributed by atoms with Gasteiger partial charge in [-0.15, -0.1) is 6.58 Å². The van der Waals surface area contributed by atoms with Gasteiger partial charge in [0.1, 0.15) is 12.4 Å². The van der Waals surface area contributed by atoms with Gasteiger partial charge in [-0.25, -0.2) is 4.98 Å². The molecule has 0 spiro atoms. The van der Waals surface area contributed by atoms with Crippen LogP contribution >= 0.6 is 0 Å². The van der Waals surface area contributed by atoms with Gasteiger partial charge in [-0.1, -0.05) is 6.08 Å². The molecule has 0 fully saturated rings. The minimum absolute atomic E-state index is 0.00187. The lowest BCUT2D eigenvalue weighted by Crippen LogP contribution is -2.37. The van der Waals surface area contributed by atoms with E-state index in [1.165, 1.54) is 0 Å². The highest BCUT2D eigenvalue weighted by Gasteiger charge is 2.25. The molecule has 0 saturated carbocycles. The Bertz CT molecular complexity index is 472. The number of amides is 1. The molecule has 1 amide bonds. The molecule has 1 aliphatic heterocycles. The fourth-order valence-corrected chi connectivity index (χ4v) is 2.43. The van der Waals surface area contributed by atoms with E-state index in [0.717, 1.165) is 12.4 Å². The molecule has 0 radical (unpaired) electrons. The van der Waals surface area contributed by atoms with Gasteiger partial charge in [-0.3, -0.25) is 4.79 Å². The molecule has 0 aromatic carbocycles. The average molecular weight is 293 g/mol. The Morgan fingerprint density at radius 3 is 3.14 bits per heavy atom. The summed E-state index contributed by atoms with van der Waals surface area (Å²) in [7, 11) is 0. The summed E-state index contributed by atoms with van der Waals surface area (Å²) in [6, 6.07) is 0. The van der Waals surface area contributed by atoms with Crippen molar-refractivity contribution in [2.75, 3.05) is 33.0 Å². The van der Waals surface area contributed by atoms with Crippen molar-refractivity contribution in [3.63, 3.8) is 0 Å². The molecule has 1 aromatic heterocycles. The third-order valence-electron chi connectivity index (χ3n) is 3.44. The molecule has 0 aliphatic carbocycles. The Morgan fingerprint density at radius 2 is 2.38 bits per heavy atom. The fraction of sp³-hybridized carbons (Fsp3) is 0.600. The van der Waals surface area contributed by atoms with Crippen LogP contribution in [-0.4, -0.2) is 53.3 Å². The summed E-state index contributed by atoms with van der Waals surface area (Å²) >= 11 is 0. The van der Waals surface area contributed by atoms with Crippen molar-refractivity contribution in [2.45, 2.75) is 20.0 Å². The van der Waals surface area contributed by atoms with Gasteiger partial charge in [0.2, 0.25) is 5.91 Å². The van der Waals surface area contributed by atoms with Crippen LogP contribution < -0.4 is 0 Å². The number of carbonyl (C=O) groups is 1. The van der Waals surface area contributed by atoms with Crippen LogP contribution in [0.3, 0.4) is 0 Å². The first-order chi connectivity index (χ1) is 10.2. The molecular formula is C15H23N3O3. The predicted octanol–water partition coefficient (Wildman–Crippen LogP) is 1.08. The molecular weight excluding hydrogens is 270 g/mol. The summed E-state index contributed by atoms with van der Waals surface area (Å²) < 4.78 is 12.9. The van der Waals surface area contributed by atoms with Crippen LogP contribution in [0.25, 0.3) is 0 Å². The van der Waals surface area contributed by atoms with E-state index >= 15 is 0 Å². The summed E-state index contributed by atoms with van der Waals surface area (Å²) in [4.78, 5) is 18.4. The summed E-state index contributed by atoms with van der Waals surface area (Å²) in [5, 5.41) is 0. The van der Waals surface area contributed by atoms with Gasteiger partial charge in [0.25, 0.3) is 0 Å². The minimum atomic E-state index is 0.00187. The summed E-state index contributed by atoms with van der Waals surface area (Å²) in [5.74, 6) is 1.15. The maximum Gasteiger partial charge on any atom is 0.248 e. The summed E-state index contributed by atoms with van der Waals surface area (Å²) in [6.45, 7) is 9.31. The second-order valence-electron chi connectivity index (χ2n) is 5.10. The van der Waals surface area contributed by atoms with E-state index in [0.29, 0.717) is 32.9 Å². The number of rotatable bonds is 7. The Balaban J connectivity index is 2.03. The molecule has 116 valence electrons. The van der Waals surface area contributed by atoms with E-state index in [-0.39, 0.29) is 18.4 Å². The van der Waals surface area contributed by atoms with Crippen molar-refractivity contribution in [3.8, 4) is 0 Å². The van der Waals surface area contributed by atoms with Crippen LogP contribution in [0.2, 0.25) is 0 Å². The largest absolute Gasteiger partial charge is 0.377 e. The zero-order chi connectivity index (χ0) is 15.1. The topological polar surface area (TPSA) is 56.6 Å². The van der Waals surface area contributed by atoms with Crippen LogP contribution in [0, 0.1) is 5.92 Å². The SMILES string of the molecule is C=CCOC[C@H]1CN(C(=O)COCC)Cc2nccn2C1. The van der Waals surface area contributed by atoms with Crippen LogP contribution in [0.4, 0.5) is 0 Å². The molecule has 1 aliphatic rings. The first kappa shape index (κ1) is 15.7. The Hall–Kier alpha value is -1.66. The molecule has 2 heterocycles. The smallest absolute Gasteiger partial charge is 0.248 e. The van der Waals surface area contributed by atoms with Gasteiger partial charge in [-0.05, 0) is 6.92 Å². The molecule has 0 saturated heterocycles. The van der Waals surface area contributed by atoms with Crippen molar-refractivity contribution in [1.82, 2.24) is 14.5 Å². The Morgan fingerprint density at radius 1 is 1.52 bits per heavy atom. The second kappa shape index (κ2) is 7.95. The Labute approximate surface area is 125 Å². The lowest BCUT2D eigenvalue weighted by atomic mass is 10.1. The van der Waals surface area contributed by atoms with Crippen LogP contribution in [0.15, 0.2) is 25.0 Å². The van der Waals surface area contributed by atoms with Gasteiger partial charge >= 0.3 is 0 Å². The number of imidazole rings is 1. The number of nitrogens with zero attached hydrogens (tertiary/aromatic N) is 3. The van der Waals surface area contributed by atoms with Gasteiger partial charge in [0.15, 0.2) is 0 Å². The highest BCUT2D eigenvalue weighted by molar-refractivity contribution is 5.77. The maximum atomic E-state index is 12.2. The highest BCUT2D eigenvalue weighted by atomic mass is 16.5. The molecule has 21 heavy (non-hydrogen) atoms. The van der Waals surface area contributed by atoms with Gasteiger partial charge in [0.05, 0.1) is 19.8 Å². The standard InChI is InChI=1S/C15H23N3O3/c1-3-7-21-11-13-8-17-6-5-16-14(17)10-18(9-13)15(19)12-20-4-2/h3,5-6,13H,1,4,7-12H2,2H3/t13-/m1/s1. The van der Waals surface area contributed by atoms with Crippen molar-refractivity contribution in [1.29, 1.82) is 0 Å². The number of ether oxygens (including phenoxy) is 2. The Kier molecular flexibility index (Phi) is 5.95. The van der Waals surface area contributed by atoms with Crippen LogP contribution in [0.1, 0.15) is 12.7 Å². The van der Waals surface area contributed by atoms with E-state index in [1.54, 1.807) is 12.3 Å². The van der Waals surface area contributed by atoms with E-state index in [9.17, 15) is 4.79 Å². The zero-order valence-electron chi connectivity index (χ0n) is 12.5. The molecule has 0 unspecified atom stereocenters.